The molecule has 0 unspecified atom stereocenters. The standard InChI is InChI=1S/C12H21NO2/c1-4-6-7-13-10(14)8-12(3,5-2)9-11(13)15/h4-9H2,1-3H3. The molecule has 0 atom stereocenters. The summed E-state index contributed by atoms with van der Waals surface area (Å²) in [4.78, 5) is 25.0. The quantitative estimate of drug-likeness (QED) is 0.669. The van der Waals surface area contributed by atoms with Crippen molar-refractivity contribution in [2.75, 3.05) is 6.54 Å². The third-order valence-corrected chi connectivity index (χ3v) is 3.35. The molecule has 0 bridgehead atoms. The molecule has 0 aromatic rings. The monoisotopic (exact) mass is 211 g/mol. The van der Waals surface area contributed by atoms with E-state index in [9.17, 15) is 9.59 Å². The summed E-state index contributed by atoms with van der Waals surface area (Å²) >= 11 is 0. The van der Waals surface area contributed by atoms with Gasteiger partial charge in [0.2, 0.25) is 11.8 Å². The SMILES string of the molecule is CCCCN1C(=O)CC(C)(CC)CC1=O. The molecule has 1 saturated heterocycles. The molecule has 0 aromatic heterocycles. The highest BCUT2D eigenvalue weighted by Crippen LogP contribution is 2.35. The van der Waals surface area contributed by atoms with Gasteiger partial charge in [-0.2, -0.15) is 0 Å². The van der Waals surface area contributed by atoms with Gasteiger partial charge in [-0.1, -0.05) is 27.2 Å². The predicted octanol–water partition coefficient (Wildman–Crippen LogP) is 2.35. The average molecular weight is 211 g/mol. The molecule has 3 heteroatoms. The molecule has 15 heavy (non-hydrogen) atoms. The van der Waals surface area contributed by atoms with E-state index in [1.807, 2.05) is 13.8 Å². The Morgan fingerprint density at radius 2 is 1.73 bits per heavy atom. The molecule has 1 fully saturated rings. The van der Waals surface area contributed by atoms with Gasteiger partial charge in [0.1, 0.15) is 0 Å². The second-order valence-electron chi connectivity index (χ2n) is 4.81. The Labute approximate surface area is 91.8 Å². The Balaban J connectivity index is 2.65. The topological polar surface area (TPSA) is 37.4 Å². The largest absolute Gasteiger partial charge is 0.283 e. The fraction of sp³-hybridized carbons (Fsp3) is 0.833. The van der Waals surface area contributed by atoms with Crippen LogP contribution in [0.15, 0.2) is 0 Å². The fourth-order valence-corrected chi connectivity index (χ4v) is 1.94. The first-order valence-corrected chi connectivity index (χ1v) is 5.85. The molecule has 2 amide bonds. The van der Waals surface area contributed by atoms with Crippen molar-refractivity contribution in [2.45, 2.75) is 52.9 Å². The zero-order valence-electron chi connectivity index (χ0n) is 10.0. The van der Waals surface area contributed by atoms with E-state index in [0.29, 0.717) is 19.4 Å². The minimum absolute atomic E-state index is 0.0176. The highest BCUT2D eigenvalue weighted by molar-refractivity contribution is 5.98. The van der Waals surface area contributed by atoms with Gasteiger partial charge in [0, 0.05) is 19.4 Å². The van der Waals surface area contributed by atoms with E-state index in [2.05, 4.69) is 6.92 Å². The van der Waals surface area contributed by atoms with Gasteiger partial charge in [-0.15, -0.1) is 0 Å². The van der Waals surface area contributed by atoms with E-state index >= 15 is 0 Å². The number of nitrogens with zero attached hydrogens (tertiary/aromatic N) is 1. The molecule has 0 aromatic carbocycles. The van der Waals surface area contributed by atoms with Crippen LogP contribution in [0, 0.1) is 5.41 Å². The second-order valence-corrected chi connectivity index (χ2v) is 4.81. The predicted molar refractivity (Wildman–Crippen MR) is 59.3 cm³/mol. The normalized spacial score (nSPS) is 20.9. The van der Waals surface area contributed by atoms with Crippen molar-refractivity contribution in [3.63, 3.8) is 0 Å². The maximum Gasteiger partial charge on any atom is 0.229 e. The Morgan fingerprint density at radius 1 is 1.20 bits per heavy atom. The molecule has 0 N–H and O–H groups in total. The van der Waals surface area contributed by atoms with Crippen LogP contribution in [0.5, 0.6) is 0 Å². The number of imide groups is 1. The summed E-state index contributed by atoms with van der Waals surface area (Å²) in [6.45, 7) is 6.74. The summed E-state index contributed by atoms with van der Waals surface area (Å²) < 4.78 is 0. The summed E-state index contributed by atoms with van der Waals surface area (Å²) in [7, 11) is 0. The molecule has 1 aliphatic heterocycles. The van der Waals surface area contributed by atoms with Crippen LogP contribution >= 0.6 is 0 Å². The van der Waals surface area contributed by atoms with Crippen LogP contribution in [0.3, 0.4) is 0 Å². The number of amides is 2. The second kappa shape index (κ2) is 4.77. The van der Waals surface area contributed by atoms with Crippen molar-refractivity contribution in [1.82, 2.24) is 4.90 Å². The van der Waals surface area contributed by atoms with Crippen molar-refractivity contribution < 1.29 is 9.59 Å². The van der Waals surface area contributed by atoms with E-state index in [4.69, 9.17) is 0 Å². The minimum Gasteiger partial charge on any atom is -0.283 e. The number of likely N-dealkylation sites (tertiary alicyclic amines) is 1. The number of hydrogen-bond donors (Lipinski definition) is 0. The Hall–Kier alpha value is -0.860. The zero-order chi connectivity index (χ0) is 11.5. The van der Waals surface area contributed by atoms with Gasteiger partial charge in [0.15, 0.2) is 0 Å². The maximum atomic E-state index is 11.8. The maximum absolute atomic E-state index is 11.8. The molecule has 1 rings (SSSR count). The number of rotatable bonds is 4. The van der Waals surface area contributed by atoms with Gasteiger partial charge in [-0.05, 0) is 18.3 Å². The van der Waals surface area contributed by atoms with Crippen molar-refractivity contribution in [1.29, 1.82) is 0 Å². The number of unbranched alkanes of at least 4 members (excludes halogenated alkanes) is 1. The number of piperidine rings is 1. The molecule has 0 aliphatic carbocycles. The molecule has 0 saturated carbocycles. The van der Waals surface area contributed by atoms with E-state index in [1.54, 1.807) is 0 Å². The van der Waals surface area contributed by atoms with Crippen molar-refractivity contribution in [3.05, 3.63) is 0 Å². The molecule has 1 aliphatic rings. The lowest BCUT2D eigenvalue weighted by molar-refractivity contribution is -0.153. The highest BCUT2D eigenvalue weighted by atomic mass is 16.2. The van der Waals surface area contributed by atoms with Crippen LogP contribution in [-0.4, -0.2) is 23.3 Å². The first-order chi connectivity index (χ1) is 7.02. The van der Waals surface area contributed by atoms with Crippen molar-refractivity contribution >= 4 is 11.8 Å². The lowest BCUT2D eigenvalue weighted by Gasteiger charge is -2.36. The number of hydrogen-bond acceptors (Lipinski definition) is 2. The zero-order valence-corrected chi connectivity index (χ0v) is 10.0. The van der Waals surface area contributed by atoms with Crippen LogP contribution in [-0.2, 0) is 9.59 Å². The number of carbonyl (C=O) groups excluding carboxylic acids is 2. The minimum atomic E-state index is -0.100. The van der Waals surface area contributed by atoms with Gasteiger partial charge < -0.3 is 0 Å². The van der Waals surface area contributed by atoms with Crippen molar-refractivity contribution in [3.8, 4) is 0 Å². The smallest absolute Gasteiger partial charge is 0.229 e. The molecular weight excluding hydrogens is 190 g/mol. The van der Waals surface area contributed by atoms with Crippen LogP contribution in [0.2, 0.25) is 0 Å². The van der Waals surface area contributed by atoms with Crippen LogP contribution in [0.25, 0.3) is 0 Å². The molecule has 86 valence electrons. The van der Waals surface area contributed by atoms with Crippen LogP contribution in [0.1, 0.15) is 52.9 Å². The average Bonchev–Trinajstić information content (AvgIpc) is 2.16. The summed E-state index contributed by atoms with van der Waals surface area (Å²) in [6.07, 6.45) is 3.88. The summed E-state index contributed by atoms with van der Waals surface area (Å²) in [5.74, 6) is 0.0353. The first kappa shape index (κ1) is 12.2. The van der Waals surface area contributed by atoms with Gasteiger partial charge in [-0.3, -0.25) is 14.5 Å². The first-order valence-electron chi connectivity index (χ1n) is 5.85. The lowest BCUT2D eigenvalue weighted by Crippen LogP contribution is -2.47. The summed E-state index contributed by atoms with van der Waals surface area (Å²) in [5.41, 5.74) is -0.100. The highest BCUT2D eigenvalue weighted by Gasteiger charge is 2.38. The van der Waals surface area contributed by atoms with Gasteiger partial charge >= 0.3 is 0 Å². The van der Waals surface area contributed by atoms with Gasteiger partial charge in [-0.25, -0.2) is 0 Å². The Morgan fingerprint density at radius 3 is 2.13 bits per heavy atom. The van der Waals surface area contributed by atoms with E-state index < -0.39 is 0 Å². The molecule has 3 nitrogen and oxygen atoms in total. The van der Waals surface area contributed by atoms with E-state index in [-0.39, 0.29) is 17.2 Å². The number of carbonyl (C=O) groups is 2. The lowest BCUT2D eigenvalue weighted by atomic mass is 9.77. The van der Waals surface area contributed by atoms with Gasteiger partial charge in [0.05, 0.1) is 0 Å². The molecule has 0 spiro atoms. The third-order valence-electron chi connectivity index (χ3n) is 3.35. The van der Waals surface area contributed by atoms with Crippen LogP contribution in [0.4, 0.5) is 0 Å². The summed E-state index contributed by atoms with van der Waals surface area (Å²) in [5, 5.41) is 0. The van der Waals surface area contributed by atoms with Crippen LogP contribution < -0.4 is 0 Å². The van der Waals surface area contributed by atoms with E-state index in [0.717, 1.165) is 19.3 Å². The molecule has 1 heterocycles. The molecular formula is C12H21NO2. The van der Waals surface area contributed by atoms with Crippen molar-refractivity contribution in [2.24, 2.45) is 5.41 Å². The molecule has 0 radical (unpaired) electrons. The third kappa shape index (κ3) is 2.80. The Kier molecular flexibility index (Phi) is 3.89. The summed E-state index contributed by atoms with van der Waals surface area (Å²) in [6, 6.07) is 0. The van der Waals surface area contributed by atoms with Gasteiger partial charge in [0.25, 0.3) is 0 Å². The Bertz CT molecular complexity index is 242. The fourth-order valence-electron chi connectivity index (χ4n) is 1.94. The van der Waals surface area contributed by atoms with E-state index in [1.165, 1.54) is 4.90 Å².